The summed E-state index contributed by atoms with van der Waals surface area (Å²) in [5.74, 6) is 2.44. The number of rotatable bonds is 2. The van der Waals surface area contributed by atoms with Gasteiger partial charge in [0.15, 0.2) is 0 Å². The number of hydrogen-bond acceptors (Lipinski definition) is 5. The molecule has 6 heteroatoms. The topological polar surface area (TPSA) is 98.6 Å². The Bertz CT molecular complexity index is 386. The second kappa shape index (κ2) is 4.23. The Balaban J connectivity index is 2.18. The molecular weight excluding hydrogens is 212 g/mol. The summed E-state index contributed by atoms with van der Waals surface area (Å²) in [5, 5.41) is 28.8. The molecule has 0 bridgehead atoms. The number of hydrogen-bond donors (Lipinski definition) is 4. The number of nitrogens with one attached hydrogen (secondary N) is 1. The molecule has 0 saturated carbocycles. The summed E-state index contributed by atoms with van der Waals surface area (Å²) < 4.78 is 5.30. The molecule has 86 valence electrons. The molecule has 1 fully saturated rings. The predicted molar refractivity (Wildman–Crippen MR) is 53.1 cm³/mol. The second-order valence-corrected chi connectivity index (χ2v) is 3.59. The van der Waals surface area contributed by atoms with Gasteiger partial charge in [0, 0.05) is 12.4 Å². The summed E-state index contributed by atoms with van der Waals surface area (Å²) in [7, 11) is 0. The Morgan fingerprint density at radius 1 is 1.50 bits per heavy atom. The number of H-pyrrole nitrogens is 1. The maximum atomic E-state index is 9.73. The Labute approximate surface area is 91.9 Å². The summed E-state index contributed by atoms with van der Waals surface area (Å²) in [6, 6.07) is 0. The van der Waals surface area contributed by atoms with Crippen molar-refractivity contribution < 1.29 is 20.1 Å². The summed E-state index contributed by atoms with van der Waals surface area (Å²) >= 11 is 0. The number of nitrogens with zero attached hydrogens (tertiary/aromatic N) is 1. The average molecular weight is 224 g/mol. The van der Waals surface area contributed by atoms with Gasteiger partial charge in [-0.2, -0.15) is 0 Å². The first kappa shape index (κ1) is 11.1. The van der Waals surface area contributed by atoms with E-state index in [1.165, 1.54) is 6.20 Å². The monoisotopic (exact) mass is 224 g/mol. The van der Waals surface area contributed by atoms with Crippen molar-refractivity contribution in [1.29, 1.82) is 0 Å². The lowest BCUT2D eigenvalue weighted by molar-refractivity contribution is -0.0472. The smallest absolute Gasteiger partial charge is 0.144 e. The molecule has 1 aliphatic heterocycles. The molecular formula is C10H12N2O4. The van der Waals surface area contributed by atoms with E-state index in [-0.39, 0.29) is 0 Å². The van der Waals surface area contributed by atoms with Gasteiger partial charge in [-0.05, 0) is 0 Å². The van der Waals surface area contributed by atoms with Crippen LogP contribution in [0, 0.1) is 12.3 Å². The van der Waals surface area contributed by atoms with Gasteiger partial charge in [-0.1, -0.05) is 5.92 Å². The first-order valence-corrected chi connectivity index (χ1v) is 4.80. The lowest BCUT2D eigenvalue weighted by Crippen LogP contribution is -2.37. The van der Waals surface area contributed by atoms with Crippen molar-refractivity contribution >= 4 is 0 Å². The predicted octanol–water partition coefficient (Wildman–Crippen LogP) is -1.43. The Morgan fingerprint density at radius 2 is 2.25 bits per heavy atom. The van der Waals surface area contributed by atoms with Gasteiger partial charge in [0.05, 0.1) is 0 Å². The van der Waals surface area contributed by atoms with Crippen LogP contribution in [0.25, 0.3) is 0 Å². The van der Waals surface area contributed by atoms with Crippen LogP contribution in [-0.4, -0.2) is 49.7 Å². The van der Waals surface area contributed by atoms with Crippen LogP contribution in [0.3, 0.4) is 0 Å². The molecule has 0 radical (unpaired) electrons. The van der Waals surface area contributed by atoms with Gasteiger partial charge in [0.1, 0.15) is 36.3 Å². The van der Waals surface area contributed by atoms with Crippen LogP contribution < -0.4 is 0 Å². The maximum absolute atomic E-state index is 9.73. The standard InChI is InChI=1S/C10H12N2O4/c1-2-5(13)8-6(14)7(15)9(16-8)10-11-3-4-12-10/h1,3-9,13-15H,(H,11,12)/t5?,6-,7+,8+,9+/m0/s1. The van der Waals surface area contributed by atoms with E-state index in [0.29, 0.717) is 5.82 Å². The summed E-state index contributed by atoms with van der Waals surface area (Å²) in [5.41, 5.74) is 0. The fraction of sp³-hybridized carbons (Fsp3) is 0.500. The van der Waals surface area contributed by atoms with E-state index in [4.69, 9.17) is 11.2 Å². The number of ether oxygens (including phenoxy) is 1. The quantitative estimate of drug-likeness (QED) is 0.461. The molecule has 1 unspecified atom stereocenters. The normalized spacial score (nSPS) is 35.9. The van der Waals surface area contributed by atoms with Crippen molar-refractivity contribution in [2.45, 2.75) is 30.5 Å². The summed E-state index contributed by atoms with van der Waals surface area (Å²) in [6.07, 6.45) is 2.63. The SMILES string of the molecule is C#CC(O)[C@H]1O[C@@H](c2ncc[nH]2)[C@H](O)[C@@H]1O. The third-order valence-electron chi connectivity index (χ3n) is 2.57. The van der Waals surface area contributed by atoms with E-state index in [0.717, 1.165) is 0 Å². The molecule has 0 aromatic carbocycles. The molecule has 0 amide bonds. The minimum atomic E-state index is -1.26. The number of terminal acetylenes is 1. The van der Waals surface area contributed by atoms with E-state index >= 15 is 0 Å². The molecule has 2 heterocycles. The first-order chi connectivity index (χ1) is 7.65. The molecule has 6 nitrogen and oxygen atoms in total. The number of aliphatic hydroxyl groups is 3. The number of aromatic amines is 1. The zero-order chi connectivity index (χ0) is 11.7. The third kappa shape index (κ3) is 1.70. The maximum Gasteiger partial charge on any atom is 0.144 e. The van der Waals surface area contributed by atoms with E-state index in [1.807, 2.05) is 0 Å². The molecule has 5 atom stereocenters. The zero-order valence-electron chi connectivity index (χ0n) is 8.32. The third-order valence-corrected chi connectivity index (χ3v) is 2.57. The molecule has 4 N–H and O–H groups in total. The Hall–Kier alpha value is -1.39. The highest BCUT2D eigenvalue weighted by Gasteiger charge is 2.47. The molecule has 0 aliphatic carbocycles. The van der Waals surface area contributed by atoms with Crippen molar-refractivity contribution in [3.05, 3.63) is 18.2 Å². The summed E-state index contributed by atoms with van der Waals surface area (Å²) in [6.45, 7) is 0. The Morgan fingerprint density at radius 3 is 2.81 bits per heavy atom. The van der Waals surface area contributed by atoms with Gasteiger partial charge in [-0.3, -0.25) is 0 Å². The van der Waals surface area contributed by atoms with Crippen molar-refractivity contribution in [3.8, 4) is 12.3 Å². The van der Waals surface area contributed by atoms with Crippen molar-refractivity contribution in [2.24, 2.45) is 0 Å². The van der Waals surface area contributed by atoms with Crippen LogP contribution >= 0.6 is 0 Å². The average Bonchev–Trinajstić information content (AvgIpc) is 2.89. The van der Waals surface area contributed by atoms with Gasteiger partial charge in [0.25, 0.3) is 0 Å². The van der Waals surface area contributed by atoms with E-state index in [1.54, 1.807) is 6.20 Å². The molecule has 2 rings (SSSR count). The van der Waals surface area contributed by atoms with Gasteiger partial charge >= 0.3 is 0 Å². The van der Waals surface area contributed by atoms with Crippen LogP contribution in [0.5, 0.6) is 0 Å². The summed E-state index contributed by atoms with van der Waals surface area (Å²) in [4.78, 5) is 6.68. The lowest BCUT2D eigenvalue weighted by Gasteiger charge is -2.15. The van der Waals surface area contributed by atoms with Crippen molar-refractivity contribution in [3.63, 3.8) is 0 Å². The van der Waals surface area contributed by atoms with Crippen LogP contribution in [0.4, 0.5) is 0 Å². The number of aromatic nitrogens is 2. The first-order valence-electron chi connectivity index (χ1n) is 4.80. The van der Waals surface area contributed by atoms with E-state index in [2.05, 4.69) is 15.9 Å². The Kier molecular flexibility index (Phi) is 2.94. The fourth-order valence-electron chi connectivity index (χ4n) is 1.72. The molecule has 16 heavy (non-hydrogen) atoms. The van der Waals surface area contributed by atoms with E-state index < -0.39 is 30.5 Å². The van der Waals surface area contributed by atoms with Crippen LogP contribution in [0.2, 0.25) is 0 Å². The minimum Gasteiger partial charge on any atom is -0.387 e. The zero-order valence-corrected chi connectivity index (χ0v) is 8.32. The molecule has 1 aliphatic rings. The molecule has 1 saturated heterocycles. The second-order valence-electron chi connectivity index (χ2n) is 3.59. The van der Waals surface area contributed by atoms with Gasteiger partial charge in [-0.15, -0.1) is 6.42 Å². The lowest BCUT2D eigenvalue weighted by atomic mass is 10.0. The minimum absolute atomic E-state index is 0.387. The van der Waals surface area contributed by atoms with Crippen LogP contribution in [0.1, 0.15) is 11.9 Å². The van der Waals surface area contributed by atoms with Crippen molar-refractivity contribution in [2.75, 3.05) is 0 Å². The van der Waals surface area contributed by atoms with E-state index in [9.17, 15) is 15.3 Å². The largest absolute Gasteiger partial charge is 0.387 e. The van der Waals surface area contributed by atoms with Gasteiger partial charge in [-0.25, -0.2) is 4.98 Å². The fourth-order valence-corrected chi connectivity index (χ4v) is 1.72. The molecule has 1 aromatic rings. The highest BCUT2D eigenvalue weighted by Crippen LogP contribution is 2.32. The highest BCUT2D eigenvalue weighted by molar-refractivity contribution is 5.09. The van der Waals surface area contributed by atoms with Gasteiger partial charge in [0.2, 0.25) is 0 Å². The molecule has 1 aromatic heterocycles. The number of imidazole rings is 1. The number of aliphatic hydroxyl groups excluding tert-OH is 3. The molecule has 0 spiro atoms. The van der Waals surface area contributed by atoms with Crippen molar-refractivity contribution in [1.82, 2.24) is 9.97 Å². The highest BCUT2D eigenvalue weighted by atomic mass is 16.6. The van der Waals surface area contributed by atoms with Crippen LogP contribution in [-0.2, 0) is 4.74 Å². The van der Waals surface area contributed by atoms with Crippen LogP contribution in [0.15, 0.2) is 12.4 Å². The van der Waals surface area contributed by atoms with Gasteiger partial charge < -0.3 is 25.0 Å².